The third-order valence-electron chi connectivity index (χ3n) is 2.62. The van der Waals surface area contributed by atoms with Gasteiger partial charge in [0.2, 0.25) is 10.0 Å². The Morgan fingerprint density at radius 3 is 2.36 bits per heavy atom. The number of aliphatic carboxylic acids is 1. The number of hydrogen-bond acceptors (Lipinski definition) is 4. The van der Waals surface area contributed by atoms with Gasteiger partial charge in [-0.05, 0) is 30.7 Å². The summed E-state index contributed by atoms with van der Waals surface area (Å²) in [7, 11) is -3.96. The summed E-state index contributed by atoms with van der Waals surface area (Å²) >= 11 is 0. The van der Waals surface area contributed by atoms with Crippen LogP contribution in [-0.2, 0) is 14.8 Å². The van der Waals surface area contributed by atoms with E-state index >= 15 is 0 Å². The zero-order valence-corrected chi connectivity index (χ0v) is 12.7. The Kier molecular flexibility index (Phi) is 6.69. The van der Waals surface area contributed by atoms with E-state index < -0.39 is 35.6 Å². The summed E-state index contributed by atoms with van der Waals surface area (Å²) in [6, 6.07) is 4.89. The van der Waals surface area contributed by atoms with Gasteiger partial charge in [0.15, 0.2) is 0 Å². The van der Waals surface area contributed by atoms with Crippen LogP contribution in [-0.4, -0.2) is 49.9 Å². The molecule has 22 heavy (non-hydrogen) atoms. The average Bonchev–Trinajstić information content (AvgIpc) is 2.44. The molecule has 0 aliphatic carbocycles. The van der Waals surface area contributed by atoms with Crippen molar-refractivity contribution in [3.05, 3.63) is 24.3 Å². The van der Waals surface area contributed by atoms with E-state index in [9.17, 15) is 22.0 Å². The van der Waals surface area contributed by atoms with Crippen molar-refractivity contribution in [1.82, 2.24) is 4.31 Å². The maximum atomic E-state index is 12.3. The van der Waals surface area contributed by atoms with Crippen molar-refractivity contribution in [3.8, 4) is 5.75 Å². The van der Waals surface area contributed by atoms with Crippen molar-refractivity contribution in [3.63, 3.8) is 0 Å². The third kappa shape index (κ3) is 5.23. The molecule has 0 aliphatic rings. The lowest BCUT2D eigenvalue weighted by Crippen LogP contribution is -2.36. The number of alkyl halides is 2. The van der Waals surface area contributed by atoms with Gasteiger partial charge in [-0.2, -0.15) is 4.31 Å². The molecule has 1 aromatic carbocycles. The predicted octanol–water partition coefficient (Wildman–Crippen LogP) is 1.82. The van der Waals surface area contributed by atoms with Gasteiger partial charge >= 0.3 is 5.97 Å². The van der Waals surface area contributed by atoms with Crippen LogP contribution in [0.1, 0.15) is 13.3 Å². The molecule has 0 bridgehead atoms. The molecule has 0 amide bonds. The molecular weight excluding hydrogens is 320 g/mol. The van der Waals surface area contributed by atoms with Gasteiger partial charge < -0.3 is 9.84 Å². The molecular formula is C13H17F2NO5S. The van der Waals surface area contributed by atoms with Crippen molar-refractivity contribution < 1.29 is 31.8 Å². The highest BCUT2D eigenvalue weighted by atomic mass is 32.2. The molecule has 0 aliphatic heterocycles. The highest BCUT2D eigenvalue weighted by molar-refractivity contribution is 7.89. The Labute approximate surface area is 127 Å². The Morgan fingerprint density at radius 2 is 1.91 bits per heavy atom. The number of nitrogens with zero attached hydrogens (tertiary/aromatic N) is 1. The molecule has 6 nitrogen and oxygen atoms in total. The predicted molar refractivity (Wildman–Crippen MR) is 74.6 cm³/mol. The number of carboxylic acids is 1. The Balaban J connectivity index is 2.93. The molecule has 0 heterocycles. The van der Waals surface area contributed by atoms with Gasteiger partial charge in [-0.25, -0.2) is 17.2 Å². The molecule has 124 valence electrons. The van der Waals surface area contributed by atoms with E-state index in [-0.39, 0.29) is 17.2 Å². The Bertz CT molecular complexity index is 589. The van der Waals surface area contributed by atoms with Crippen molar-refractivity contribution in [2.75, 3.05) is 19.7 Å². The zero-order valence-electron chi connectivity index (χ0n) is 11.9. The second-order valence-corrected chi connectivity index (χ2v) is 6.34. The molecule has 0 spiro atoms. The van der Waals surface area contributed by atoms with Gasteiger partial charge in [-0.15, -0.1) is 0 Å². The summed E-state index contributed by atoms with van der Waals surface area (Å²) in [4.78, 5) is 10.6. The quantitative estimate of drug-likeness (QED) is 0.743. The SMILES string of the molecule is CCCN(CC(=O)O)S(=O)(=O)c1ccc(OCC(F)F)cc1. The molecule has 9 heteroatoms. The fourth-order valence-electron chi connectivity index (χ4n) is 1.70. The monoisotopic (exact) mass is 337 g/mol. The fourth-order valence-corrected chi connectivity index (χ4v) is 3.18. The first kappa shape index (κ1) is 18.3. The standard InChI is InChI=1S/C13H17F2NO5S/c1-2-7-16(8-13(17)18)22(19,20)11-5-3-10(4-6-11)21-9-12(14)15/h3-6,12H,2,7-9H2,1H3,(H,17,18). The molecule has 0 unspecified atom stereocenters. The fraction of sp³-hybridized carbons (Fsp3) is 0.462. The lowest BCUT2D eigenvalue weighted by atomic mass is 10.3. The number of carbonyl (C=O) groups is 1. The summed E-state index contributed by atoms with van der Waals surface area (Å²) in [6.45, 7) is 0.372. The number of halogens is 2. The summed E-state index contributed by atoms with van der Waals surface area (Å²) in [5, 5.41) is 8.79. The molecule has 0 saturated heterocycles. The van der Waals surface area contributed by atoms with E-state index in [0.717, 1.165) is 4.31 Å². The van der Waals surface area contributed by atoms with Gasteiger partial charge in [-0.3, -0.25) is 4.79 Å². The first-order chi connectivity index (χ1) is 10.3. The highest BCUT2D eigenvalue weighted by Crippen LogP contribution is 2.20. The molecule has 0 fully saturated rings. The van der Waals surface area contributed by atoms with Crippen LogP contribution in [0.3, 0.4) is 0 Å². The highest BCUT2D eigenvalue weighted by Gasteiger charge is 2.25. The molecule has 0 atom stereocenters. The lowest BCUT2D eigenvalue weighted by molar-refractivity contribution is -0.137. The molecule has 0 radical (unpaired) electrons. The zero-order chi connectivity index (χ0) is 16.8. The number of benzene rings is 1. The Hall–Kier alpha value is -1.74. The van der Waals surface area contributed by atoms with Crippen molar-refractivity contribution >= 4 is 16.0 Å². The van der Waals surface area contributed by atoms with Gasteiger partial charge in [0, 0.05) is 6.54 Å². The van der Waals surface area contributed by atoms with Crippen LogP contribution in [0.5, 0.6) is 5.75 Å². The van der Waals surface area contributed by atoms with E-state index in [4.69, 9.17) is 9.84 Å². The molecule has 1 aromatic rings. The normalized spacial score (nSPS) is 11.9. The molecule has 1 N–H and O–H groups in total. The second-order valence-electron chi connectivity index (χ2n) is 4.41. The van der Waals surface area contributed by atoms with Crippen molar-refractivity contribution in [2.24, 2.45) is 0 Å². The van der Waals surface area contributed by atoms with Crippen molar-refractivity contribution in [1.29, 1.82) is 0 Å². The van der Waals surface area contributed by atoms with Crippen LogP contribution in [0.4, 0.5) is 8.78 Å². The number of hydrogen-bond donors (Lipinski definition) is 1. The minimum absolute atomic E-state index is 0.0677. The topological polar surface area (TPSA) is 83.9 Å². The minimum Gasteiger partial charge on any atom is -0.488 e. The largest absolute Gasteiger partial charge is 0.488 e. The van der Waals surface area contributed by atoms with E-state index in [1.807, 2.05) is 0 Å². The maximum absolute atomic E-state index is 12.3. The smallest absolute Gasteiger partial charge is 0.318 e. The van der Waals surface area contributed by atoms with E-state index in [1.165, 1.54) is 24.3 Å². The van der Waals surface area contributed by atoms with Crippen LogP contribution in [0, 0.1) is 0 Å². The average molecular weight is 337 g/mol. The molecule has 0 saturated carbocycles. The van der Waals surface area contributed by atoms with Crippen LogP contribution >= 0.6 is 0 Å². The number of ether oxygens (including phenoxy) is 1. The van der Waals surface area contributed by atoms with E-state index in [2.05, 4.69) is 0 Å². The van der Waals surface area contributed by atoms with Gasteiger partial charge in [0.25, 0.3) is 6.43 Å². The summed E-state index contributed by atoms with van der Waals surface area (Å²) in [6.07, 6.45) is -2.17. The number of sulfonamides is 1. The van der Waals surface area contributed by atoms with Crippen LogP contribution < -0.4 is 4.74 Å². The van der Waals surface area contributed by atoms with E-state index in [1.54, 1.807) is 6.92 Å². The summed E-state index contributed by atoms with van der Waals surface area (Å²) in [5.74, 6) is -1.14. The number of rotatable bonds is 9. The van der Waals surface area contributed by atoms with Crippen LogP contribution in [0.2, 0.25) is 0 Å². The lowest BCUT2D eigenvalue weighted by Gasteiger charge is -2.19. The molecule has 1 rings (SSSR count). The van der Waals surface area contributed by atoms with E-state index in [0.29, 0.717) is 6.42 Å². The Morgan fingerprint density at radius 1 is 1.32 bits per heavy atom. The second kappa shape index (κ2) is 8.04. The molecule has 0 aromatic heterocycles. The summed E-state index contributed by atoms with van der Waals surface area (Å²) in [5.41, 5.74) is 0. The first-order valence-corrected chi connectivity index (χ1v) is 7.94. The van der Waals surface area contributed by atoms with Crippen LogP contribution in [0.15, 0.2) is 29.2 Å². The van der Waals surface area contributed by atoms with Crippen LogP contribution in [0.25, 0.3) is 0 Å². The van der Waals surface area contributed by atoms with Gasteiger partial charge in [0.05, 0.1) is 4.90 Å². The maximum Gasteiger partial charge on any atom is 0.318 e. The number of carboxylic acid groups (broad SMARTS) is 1. The third-order valence-corrected chi connectivity index (χ3v) is 4.48. The van der Waals surface area contributed by atoms with Gasteiger partial charge in [-0.1, -0.05) is 6.92 Å². The van der Waals surface area contributed by atoms with Gasteiger partial charge in [0.1, 0.15) is 18.9 Å². The minimum atomic E-state index is -3.96. The summed E-state index contributed by atoms with van der Waals surface area (Å²) < 4.78 is 54.3. The first-order valence-electron chi connectivity index (χ1n) is 6.50. The van der Waals surface area contributed by atoms with Crippen molar-refractivity contribution in [2.45, 2.75) is 24.7 Å².